The Morgan fingerprint density at radius 1 is 1.43 bits per heavy atom. The highest BCUT2D eigenvalue weighted by molar-refractivity contribution is 5.67. The van der Waals surface area contributed by atoms with E-state index in [4.69, 9.17) is 9.84 Å². The quantitative estimate of drug-likeness (QED) is 0.843. The number of carbonyl (C=O) groups is 1. The Morgan fingerprint density at radius 3 is 2.90 bits per heavy atom. The average molecular weight is 288 g/mol. The minimum absolute atomic E-state index is 0.0934. The molecule has 6 heteroatoms. The number of aromatic nitrogens is 2. The van der Waals surface area contributed by atoms with Crippen LogP contribution in [0.3, 0.4) is 0 Å². The number of hydrogen-bond acceptors (Lipinski definition) is 4. The minimum Gasteiger partial charge on any atom is -0.486 e. The van der Waals surface area contributed by atoms with E-state index in [1.807, 2.05) is 31.2 Å². The highest BCUT2D eigenvalue weighted by Gasteiger charge is 2.06. The van der Waals surface area contributed by atoms with Crippen molar-refractivity contribution < 1.29 is 14.6 Å². The molecule has 0 aliphatic heterocycles. The van der Waals surface area contributed by atoms with E-state index in [0.29, 0.717) is 17.1 Å². The second kappa shape index (κ2) is 6.69. The fraction of sp³-hybridized carbons (Fsp3) is 0.267. The maximum atomic E-state index is 11.8. The monoisotopic (exact) mass is 288 g/mol. The molecule has 6 nitrogen and oxygen atoms in total. The van der Waals surface area contributed by atoms with Gasteiger partial charge in [-0.1, -0.05) is 12.1 Å². The molecule has 1 aromatic heterocycles. The van der Waals surface area contributed by atoms with Gasteiger partial charge in [-0.2, -0.15) is 0 Å². The molecule has 110 valence electrons. The lowest BCUT2D eigenvalue weighted by Crippen LogP contribution is -2.18. The van der Waals surface area contributed by atoms with E-state index in [0.717, 1.165) is 5.56 Å². The van der Waals surface area contributed by atoms with Crippen molar-refractivity contribution in [1.82, 2.24) is 9.97 Å². The van der Waals surface area contributed by atoms with Crippen LogP contribution in [0.4, 0.5) is 0 Å². The number of aryl methyl sites for hydroxylation is 2. The van der Waals surface area contributed by atoms with Crippen molar-refractivity contribution in [3.8, 4) is 5.75 Å². The number of nitrogens with one attached hydrogen (secondary N) is 1. The number of nitrogens with zero attached hydrogens (tertiary/aromatic N) is 1. The lowest BCUT2D eigenvalue weighted by atomic mass is 10.2. The summed E-state index contributed by atoms with van der Waals surface area (Å²) in [6, 6.07) is 7.56. The summed E-state index contributed by atoms with van der Waals surface area (Å²) in [6.07, 6.45) is 1.47. The van der Waals surface area contributed by atoms with Crippen LogP contribution in [0.15, 0.2) is 35.3 Å². The first kappa shape index (κ1) is 14.8. The maximum absolute atomic E-state index is 11.8. The van der Waals surface area contributed by atoms with Crippen LogP contribution in [0.5, 0.6) is 5.75 Å². The lowest BCUT2D eigenvalue weighted by molar-refractivity contribution is -0.136. The summed E-state index contributed by atoms with van der Waals surface area (Å²) in [7, 11) is 0. The molecular weight excluding hydrogens is 272 g/mol. The van der Waals surface area contributed by atoms with Crippen molar-refractivity contribution in [2.45, 2.75) is 26.4 Å². The van der Waals surface area contributed by atoms with Crippen LogP contribution in [0.2, 0.25) is 0 Å². The van der Waals surface area contributed by atoms with Gasteiger partial charge in [-0.05, 0) is 31.0 Å². The predicted octanol–water partition coefficient (Wildman–Crippen LogP) is 1.67. The van der Waals surface area contributed by atoms with Crippen LogP contribution in [-0.4, -0.2) is 21.0 Å². The van der Waals surface area contributed by atoms with Gasteiger partial charge in [0.2, 0.25) is 0 Å². The molecule has 1 heterocycles. The number of ether oxygens (including phenoxy) is 1. The molecule has 0 radical (unpaired) electrons. The van der Waals surface area contributed by atoms with Gasteiger partial charge in [-0.25, -0.2) is 4.98 Å². The van der Waals surface area contributed by atoms with Crippen molar-refractivity contribution in [1.29, 1.82) is 0 Å². The SMILES string of the molecule is Cc1cccc(OCc2ncc(CCC(=O)O)c(=O)[nH]2)c1. The van der Waals surface area contributed by atoms with Crippen LogP contribution >= 0.6 is 0 Å². The number of hydrogen-bond donors (Lipinski definition) is 2. The molecule has 0 aliphatic carbocycles. The Labute approximate surface area is 121 Å². The molecule has 2 N–H and O–H groups in total. The largest absolute Gasteiger partial charge is 0.486 e. The third kappa shape index (κ3) is 4.45. The number of rotatable bonds is 6. The molecule has 0 fully saturated rings. The number of carboxylic acid groups (broad SMARTS) is 1. The number of aromatic amines is 1. The van der Waals surface area contributed by atoms with E-state index < -0.39 is 5.97 Å². The van der Waals surface area contributed by atoms with Crippen LogP contribution in [0, 0.1) is 6.92 Å². The first-order valence-electron chi connectivity index (χ1n) is 6.53. The Morgan fingerprint density at radius 2 is 2.24 bits per heavy atom. The third-order valence-electron chi connectivity index (χ3n) is 2.90. The van der Waals surface area contributed by atoms with Gasteiger partial charge in [-0.15, -0.1) is 0 Å². The van der Waals surface area contributed by atoms with Gasteiger partial charge in [0.15, 0.2) is 0 Å². The maximum Gasteiger partial charge on any atom is 0.303 e. The fourth-order valence-corrected chi connectivity index (χ4v) is 1.81. The molecule has 0 saturated carbocycles. The highest BCUT2D eigenvalue weighted by atomic mass is 16.5. The number of carboxylic acids is 1. The van der Waals surface area contributed by atoms with Gasteiger partial charge in [-0.3, -0.25) is 9.59 Å². The molecule has 1 aromatic carbocycles. The molecule has 0 saturated heterocycles. The molecule has 0 amide bonds. The first-order chi connectivity index (χ1) is 10.0. The van der Waals surface area contributed by atoms with Crippen molar-refractivity contribution in [2.24, 2.45) is 0 Å². The zero-order valence-electron chi connectivity index (χ0n) is 11.6. The topological polar surface area (TPSA) is 92.3 Å². The Balaban J connectivity index is 2.00. The standard InChI is InChI=1S/C15H16N2O4/c1-10-3-2-4-12(7-10)21-9-13-16-8-11(15(20)17-13)5-6-14(18)19/h2-4,7-8H,5-6,9H2,1H3,(H,18,19)(H,16,17,20). The smallest absolute Gasteiger partial charge is 0.303 e. The molecule has 0 aliphatic rings. The summed E-state index contributed by atoms with van der Waals surface area (Å²) >= 11 is 0. The van der Waals surface area contributed by atoms with Crippen LogP contribution in [-0.2, 0) is 17.8 Å². The molecule has 21 heavy (non-hydrogen) atoms. The van der Waals surface area contributed by atoms with Crippen molar-refractivity contribution in [3.63, 3.8) is 0 Å². The number of H-pyrrole nitrogens is 1. The third-order valence-corrected chi connectivity index (χ3v) is 2.90. The molecule has 0 unspecified atom stereocenters. The van der Waals surface area contributed by atoms with Gasteiger partial charge in [0.1, 0.15) is 18.2 Å². The van der Waals surface area contributed by atoms with E-state index in [1.54, 1.807) is 0 Å². The predicted molar refractivity (Wildman–Crippen MR) is 76.3 cm³/mol. The van der Waals surface area contributed by atoms with Crippen molar-refractivity contribution in [3.05, 3.63) is 57.8 Å². The molecule has 0 bridgehead atoms. The zero-order valence-corrected chi connectivity index (χ0v) is 11.6. The normalized spacial score (nSPS) is 10.3. The zero-order chi connectivity index (χ0) is 15.2. The van der Waals surface area contributed by atoms with E-state index >= 15 is 0 Å². The van der Waals surface area contributed by atoms with Gasteiger partial charge in [0.05, 0.1) is 0 Å². The molecule has 0 atom stereocenters. The second-order valence-electron chi connectivity index (χ2n) is 4.68. The summed E-state index contributed by atoms with van der Waals surface area (Å²) in [5.74, 6) is 0.162. The van der Waals surface area contributed by atoms with Gasteiger partial charge < -0.3 is 14.8 Å². The van der Waals surface area contributed by atoms with Crippen LogP contribution < -0.4 is 10.3 Å². The summed E-state index contributed by atoms with van der Waals surface area (Å²) in [5.41, 5.74) is 1.11. The van der Waals surface area contributed by atoms with Gasteiger partial charge >= 0.3 is 5.97 Å². The summed E-state index contributed by atoms with van der Waals surface area (Å²) in [5, 5.41) is 8.60. The average Bonchev–Trinajstić information content (AvgIpc) is 2.44. The van der Waals surface area contributed by atoms with Gasteiger partial charge in [0.25, 0.3) is 5.56 Å². The van der Waals surface area contributed by atoms with E-state index in [1.165, 1.54) is 6.20 Å². The minimum atomic E-state index is -0.943. The summed E-state index contributed by atoms with van der Waals surface area (Å²) < 4.78 is 5.54. The summed E-state index contributed by atoms with van der Waals surface area (Å²) in [4.78, 5) is 28.9. The van der Waals surface area contributed by atoms with E-state index in [9.17, 15) is 9.59 Å². The van der Waals surface area contributed by atoms with Crippen LogP contribution in [0.1, 0.15) is 23.4 Å². The lowest BCUT2D eigenvalue weighted by Gasteiger charge is -2.06. The Hall–Kier alpha value is -2.63. The Bertz CT molecular complexity index is 694. The highest BCUT2D eigenvalue weighted by Crippen LogP contribution is 2.13. The van der Waals surface area contributed by atoms with E-state index in [-0.39, 0.29) is 25.0 Å². The second-order valence-corrected chi connectivity index (χ2v) is 4.68. The number of aliphatic carboxylic acids is 1. The first-order valence-corrected chi connectivity index (χ1v) is 6.53. The molecule has 2 aromatic rings. The molecule has 0 spiro atoms. The van der Waals surface area contributed by atoms with Crippen molar-refractivity contribution in [2.75, 3.05) is 0 Å². The Kier molecular flexibility index (Phi) is 4.71. The van der Waals surface area contributed by atoms with E-state index in [2.05, 4.69) is 9.97 Å². The molecule has 2 rings (SSSR count). The van der Waals surface area contributed by atoms with Gasteiger partial charge in [0, 0.05) is 18.2 Å². The summed E-state index contributed by atoms with van der Waals surface area (Å²) in [6.45, 7) is 2.11. The number of benzene rings is 1. The van der Waals surface area contributed by atoms with Crippen LogP contribution in [0.25, 0.3) is 0 Å². The van der Waals surface area contributed by atoms with Crippen molar-refractivity contribution >= 4 is 5.97 Å². The molecular formula is C15H16N2O4. The fourth-order valence-electron chi connectivity index (χ4n) is 1.81.